The smallest absolute Gasteiger partial charge is 0.0462 e. The molecule has 0 saturated heterocycles. The van der Waals surface area contributed by atoms with Gasteiger partial charge in [0.05, 0.1) is 0 Å². The monoisotopic (exact) mass is 735 g/mol. The second-order valence-electron chi connectivity index (χ2n) is 14.1. The molecule has 0 aliphatic heterocycles. The number of hydrogen-bond donors (Lipinski definition) is 0. The van der Waals surface area contributed by atoms with Crippen molar-refractivity contribution in [3.05, 3.63) is 200 Å². The van der Waals surface area contributed by atoms with E-state index in [9.17, 15) is 0 Å². The maximum absolute atomic E-state index is 2.37. The van der Waals surface area contributed by atoms with Crippen molar-refractivity contribution >= 4 is 90.9 Å². The van der Waals surface area contributed by atoms with Gasteiger partial charge in [-0.2, -0.15) is 0 Å². The molecule has 11 rings (SSSR count). The molecule has 0 aliphatic rings. The van der Waals surface area contributed by atoms with Crippen LogP contribution < -0.4 is 4.90 Å². The molecule has 0 unspecified atom stereocenters. The number of anilines is 3. The minimum atomic E-state index is 1.11. The van der Waals surface area contributed by atoms with E-state index < -0.39 is 0 Å². The lowest BCUT2D eigenvalue weighted by atomic mass is 9.96. The maximum Gasteiger partial charge on any atom is 0.0462 e. The molecular formula is C52H33NS2. The second-order valence-corrected chi connectivity index (χ2v) is 16.2. The van der Waals surface area contributed by atoms with Crippen LogP contribution in [0.2, 0.25) is 0 Å². The van der Waals surface area contributed by atoms with Crippen molar-refractivity contribution in [3.63, 3.8) is 0 Å². The average molecular weight is 736 g/mol. The van der Waals surface area contributed by atoms with E-state index in [1.807, 2.05) is 22.7 Å². The van der Waals surface area contributed by atoms with Gasteiger partial charge < -0.3 is 4.90 Å². The molecule has 9 aromatic carbocycles. The van der Waals surface area contributed by atoms with E-state index in [4.69, 9.17) is 0 Å². The molecule has 11 aromatic rings. The third-order valence-corrected chi connectivity index (χ3v) is 13.2. The predicted octanol–water partition coefficient (Wildman–Crippen LogP) is 16.0. The summed E-state index contributed by atoms with van der Waals surface area (Å²) in [6.45, 7) is 0. The molecule has 0 saturated carbocycles. The van der Waals surface area contributed by atoms with Crippen molar-refractivity contribution in [2.24, 2.45) is 0 Å². The summed E-state index contributed by atoms with van der Waals surface area (Å²) in [5.74, 6) is 0. The normalized spacial score (nSPS) is 11.6. The van der Waals surface area contributed by atoms with Crippen molar-refractivity contribution in [2.45, 2.75) is 0 Å². The number of nitrogens with zero attached hydrogens (tertiary/aromatic N) is 1. The summed E-state index contributed by atoms with van der Waals surface area (Å²) in [6, 6.07) is 73.2. The Hall–Kier alpha value is -6.52. The molecule has 0 N–H and O–H groups in total. The average Bonchev–Trinajstić information content (AvgIpc) is 3.84. The van der Waals surface area contributed by atoms with Crippen LogP contribution >= 0.6 is 22.7 Å². The van der Waals surface area contributed by atoms with E-state index in [1.54, 1.807) is 0 Å². The first-order valence-corrected chi connectivity index (χ1v) is 20.3. The molecule has 0 atom stereocenters. The predicted molar refractivity (Wildman–Crippen MR) is 241 cm³/mol. The number of rotatable bonds is 6. The lowest BCUT2D eigenvalue weighted by Crippen LogP contribution is -2.09. The third kappa shape index (κ3) is 5.43. The van der Waals surface area contributed by atoms with Gasteiger partial charge in [0.1, 0.15) is 0 Å². The van der Waals surface area contributed by atoms with Crippen molar-refractivity contribution in [2.75, 3.05) is 4.90 Å². The van der Waals surface area contributed by atoms with Gasteiger partial charge in [-0.1, -0.05) is 146 Å². The summed E-state index contributed by atoms with van der Waals surface area (Å²) in [5, 5.41) is 7.91. The summed E-state index contributed by atoms with van der Waals surface area (Å²) >= 11 is 3.76. The minimum absolute atomic E-state index is 1.11. The molecule has 3 heteroatoms. The molecule has 0 radical (unpaired) electrons. The Bertz CT molecular complexity index is 3170. The van der Waals surface area contributed by atoms with Crippen LogP contribution in [-0.4, -0.2) is 0 Å². The lowest BCUT2D eigenvalue weighted by molar-refractivity contribution is 1.28. The van der Waals surface area contributed by atoms with Crippen LogP contribution in [-0.2, 0) is 0 Å². The first-order chi connectivity index (χ1) is 27.3. The van der Waals surface area contributed by atoms with Crippen molar-refractivity contribution in [1.82, 2.24) is 0 Å². The van der Waals surface area contributed by atoms with Crippen LogP contribution in [0.4, 0.5) is 17.1 Å². The number of benzene rings is 9. The zero-order valence-corrected chi connectivity index (χ0v) is 31.4. The fourth-order valence-electron chi connectivity index (χ4n) is 8.27. The number of fused-ring (bicyclic) bond motifs is 8. The topological polar surface area (TPSA) is 3.24 Å². The zero-order valence-electron chi connectivity index (χ0n) is 29.8. The van der Waals surface area contributed by atoms with E-state index in [0.717, 1.165) is 17.1 Å². The van der Waals surface area contributed by atoms with Gasteiger partial charge >= 0.3 is 0 Å². The largest absolute Gasteiger partial charge is 0.311 e. The Labute approximate surface area is 327 Å². The Morgan fingerprint density at radius 3 is 1.47 bits per heavy atom. The number of hydrogen-bond acceptors (Lipinski definition) is 3. The van der Waals surface area contributed by atoms with Gasteiger partial charge in [0.2, 0.25) is 0 Å². The highest BCUT2D eigenvalue weighted by Crippen LogP contribution is 2.44. The standard InChI is InChI=1S/C52H33NS2/c1-2-10-34(11-3-1)35-20-27-39(28-21-35)53(41-31-24-37(25-32-41)43-16-9-19-49-51(43)46-14-5-7-18-48(46)54-49)40-29-22-36(23-30-40)42-15-8-12-38-26-33-45-44-13-4-6-17-47(44)55-52(45)50(38)42/h1-33H. The molecule has 258 valence electrons. The summed E-state index contributed by atoms with van der Waals surface area (Å²) in [7, 11) is 0. The Kier molecular flexibility index (Phi) is 7.61. The Morgan fingerprint density at radius 2 is 0.800 bits per heavy atom. The molecule has 1 nitrogen and oxygen atoms in total. The molecule has 0 fully saturated rings. The van der Waals surface area contributed by atoms with E-state index in [1.165, 1.54) is 84.5 Å². The summed E-state index contributed by atoms with van der Waals surface area (Å²) < 4.78 is 5.33. The van der Waals surface area contributed by atoms with Crippen LogP contribution in [0.25, 0.3) is 84.5 Å². The molecule has 0 amide bonds. The molecule has 0 bridgehead atoms. The van der Waals surface area contributed by atoms with Crippen molar-refractivity contribution < 1.29 is 0 Å². The quantitative estimate of drug-likeness (QED) is 0.164. The second kappa shape index (κ2) is 13.1. The first-order valence-electron chi connectivity index (χ1n) is 18.7. The van der Waals surface area contributed by atoms with Gasteiger partial charge in [-0.25, -0.2) is 0 Å². The number of thiophene rings is 2. The summed E-state index contributed by atoms with van der Waals surface area (Å²) in [4.78, 5) is 2.37. The van der Waals surface area contributed by atoms with Crippen LogP contribution in [0.1, 0.15) is 0 Å². The highest BCUT2D eigenvalue weighted by atomic mass is 32.1. The Morgan fingerprint density at radius 1 is 0.291 bits per heavy atom. The van der Waals surface area contributed by atoms with E-state index in [0.29, 0.717) is 0 Å². The van der Waals surface area contributed by atoms with E-state index in [2.05, 4.69) is 205 Å². The molecule has 0 spiro atoms. The van der Waals surface area contributed by atoms with Gasteiger partial charge in [0.25, 0.3) is 0 Å². The highest BCUT2D eigenvalue weighted by Gasteiger charge is 2.17. The van der Waals surface area contributed by atoms with Gasteiger partial charge in [-0.3, -0.25) is 0 Å². The van der Waals surface area contributed by atoms with Crippen molar-refractivity contribution in [3.8, 4) is 33.4 Å². The molecule has 0 aliphatic carbocycles. The third-order valence-electron chi connectivity index (χ3n) is 10.9. The molecule has 2 heterocycles. The van der Waals surface area contributed by atoms with Crippen LogP contribution in [0, 0.1) is 0 Å². The molecule has 2 aromatic heterocycles. The fraction of sp³-hybridized carbons (Fsp3) is 0. The van der Waals surface area contributed by atoms with Crippen LogP contribution in [0.15, 0.2) is 200 Å². The zero-order chi connectivity index (χ0) is 36.3. The Balaban J connectivity index is 1.02. The first kappa shape index (κ1) is 32.0. The fourth-order valence-corrected chi connectivity index (χ4v) is 10.7. The molecular weight excluding hydrogens is 703 g/mol. The molecule has 55 heavy (non-hydrogen) atoms. The van der Waals surface area contributed by atoms with Gasteiger partial charge in [0.15, 0.2) is 0 Å². The van der Waals surface area contributed by atoms with Gasteiger partial charge in [-0.05, 0) is 93.4 Å². The van der Waals surface area contributed by atoms with Crippen LogP contribution in [0.3, 0.4) is 0 Å². The van der Waals surface area contributed by atoms with Gasteiger partial charge in [0, 0.05) is 62.8 Å². The summed E-state index contributed by atoms with van der Waals surface area (Å²) in [6.07, 6.45) is 0. The SMILES string of the molecule is c1ccc(-c2ccc(N(c3ccc(-c4cccc5sc6ccccc6c45)cc3)c3ccc(-c4cccc5ccc6c7ccccc7sc6c45)cc3)cc2)cc1. The van der Waals surface area contributed by atoms with E-state index >= 15 is 0 Å². The van der Waals surface area contributed by atoms with E-state index in [-0.39, 0.29) is 0 Å². The highest BCUT2D eigenvalue weighted by molar-refractivity contribution is 7.27. The van der Waals surface area contributed by atoms with Crippen LogP contribution in [0.5, 0.6) is 0 Å². The maximum atomic E-state index is 2.37. The minimum Gasteiger partial charge on any atom is -0.311 e. The lowest BCUT2D eigenvalue weighted by Gasteiger charge is -2.26. The van der Waals surface area contributed by atoms with Crippen molar-refractivity contribution in [1.29, 1.82) is 0 Å². The summed E-state index contributed by atoms with van der Waals surface area (Å²) in [5.41, 5.74) is 10.7. The van der Waals surface area contributed by atoms with Gasteiger partial charge in [-0.15, -0.1) is 22.7 Å².